The third-order valence-electron chi connectivity index (χ3n) is 5.40. The molecule has 1 amide bonds. The molecule has 34 heavy (non-hydrogen) atoms. The Balaban J connectivity index is 1.24. The summed E-state index contributed by atoms with van der Waals surface area (Å²) in [6.07, 6.45) is 0. The number of nitrogens with one attached hydrogen (secondary N) is 1. The average molecular weight is 447 g/mol. The van der Waals surface area contributed by atoms with E-state index in [1.165, 1.54) is 6.07 Å². The lowest BCUT2D eigenvalue weighted by atomic mass is 10.1. The van der Waals surface area contributed by atoms with Crippen LogP contribution in [0.5, 0.6) is 5.75 Å². The molecule has 0 radical (unpaired) electrons. The van der Waals surface area contributed by atoms with Crippen molar-refractivity contribution in [1.82, 2.24) is 0 Å². The molecule has 5 heteroatoms. The average Bonchev–Trinajstić information content (AvgIpc) is 2.89. The van der Waals surface area contributed by atoms with Crippen molar-refractivity contribution in [2.45, 2.75) is 0 Å². The van der Waals surface area contributed by atoms with Crippen LogP contribution in [0.3, 0.4) is 0 Å². The Kier molecular flexibility index (Phi) is 5.91. The van der Waals surface area contributed by atoms with E-state index >= 15 is 0 Å². The van der Waals surface area contributed by atoms with Gasteiger partial charge < -0.3 is 14.5 Å². The maximum Gasteiger partial charge on any atom is 0.262 e. The lowest BCUT2D eigenvalue weighted by Crippen LogP contribution is -2.20. The van der Waals surface area contributed by atoms with E-state index in [1.54, 1.807) is 18.2 Å². The summed E-state index contributed by atoms with van der Waals surface area (Å²) in [5.41, 5.74) is 3.98. The van der Waals surface area contributed by atoms with Crippen LogP contribution in [0.25, 0.3) is 33.4 Å². The van der Waals surface area contributed by atoms with Gasteiger partial charge in [0.2, 0.25) is 0 Å². The van der Waals surface area contributed by atoms with Gasteiger partial charge in [-0.3, -0.25) is 9.59 Å². The Morgan fingerprint density at radius 3 is 2.09 bits per heavy atom. The second-order valence-electron chi connectivity index (χ2n) is 7.78. The molecule has 0 atom stereocenters. The van der Waals surface area contributed by atoms with Crippen LogP contribution >= 0.6 is 0 Å². The van der Waals surface area contributed by atoms with Crippen molar-refractivity contribution >= 4 is 22.6 Å². The van der Waals surface area contributed by atoms with Crippen molar-refractivity contribution in [2.24, 2.45) is 0 Å². The van der Waals surface area contributed by atoms with Crippen LogP contribution in [0.15, 0.2) is 118 Å². The zero-order chi connectivity index (χ0) is 23.3. The van der Waals surface area contributed by atoms with Gasteiger partial charge in [-0.2, -0.15) is 0 Å². The lowest BCUT2D eigenvalue weighted by molar-refractivity contribution is -0.118. The van der Waals surface area contributed by atoms with Crippen molar-refractivity contribution in [3.63, 3.8) is 0 Å². The molecule has 0 bridgehead atoms. The van der Waals surface area contributed by atoms with Crippen molar-refractivity contribution in [2.75, 3.05) is 11.9 Å². The molecule has 0 aliphatic heterocycles. The summed E-state index contributed by atoms with van der Waals surface area (Å²) in [5.74, 6) is 0.630. The summed E-state index contributed by atoms with van der Waals surface area (Å²) < 4.78 is 11.5. The van der Waals surface area contributed by atoms with Crippen molar-refractivity contribution < 1.29 is 13.9 Å². The van der Waals surface area contributed by atoms with Crippen LogP contribution in [0.1, 0.15) is 0 Å². The fourth-order valence-electron chi connectivity index (χ4n) is 3.69. The molecule has 0 aliphatic carbocycles. The maximum absolute atomic E-state index is 12.6. The number of carbonyl (C=O) groups is 1. The third kappa shape index (κ3) is 4.74. The third-order valence-corrected chi connectivity index (χ3v) is 5.40. The Morgan fingerprint density at radius 2 is 1.38 bits per heavy atom. The monoisotopic (exact) mass is 447 g/mol. The van der Waals surface area contributed by atoms with Gasteiger partial charge in [-0.1, -0.05) is 72.8 Å². The van der Waals surface area contributed by atoms with Crippen LogP contribution in [0.2, 0.25) is 0 Å². The summed E-state index contributed by atoms with van der Waals surface area (Å²) >= 11 is 0. The minimum Gasteiger partial charge on any atom is -0.484 e. The molecule has 1 N–H and O–H groups in total. The molecule has 1 aromatic heterocycles. The normalized spacial score (nSPS) is 10.7. The molecule has 0 spiro atoms. The van der Waals surface area contributed by atoms with Crippen molar-refractivity contribution in [1.29, 1.82) is 0 Å². The van der Waals surface area contributed by atoms with E-state index < -0.39 is 0 Å². The first-order valence-corrected chi connectivity index (χ1v) is 10.9. The molecule has 5 nitrogen and oxygen atoms in total. The molecule has 0 unspecified atom stereocenters. The first kappa shape index (κ1) is 21.2. The highest BCUT2D eigenvalue weighted by Crippen LogP contribution is 2.25. The molecule has 1 heterocycles. The van der Waals surface area contributed by atoms with E-state index in [9.17, 15) is 9.59 Å². The van der Waals surface area contributed by atoms with Gasteiger partial charge in [0.05, 0.1) is 5.39 Å². The fourth-order valence-corrected chi connectivity index (χ4v) is 3.69. The minimum absolute atomic E-state index is 0.173. The Bertz CT molecular complexity index is 1490. The Hall–Kier alpha value is -4.64. The summed E-state index contributed by atoms with van der Waals surface area (Å²) in [7, 11) is 0. The SMILES string of the molecule is O=C(COc1ccc2oc(-c3ccccc3)cc(=O)c2c1)Nc1ccc(-c2ccccc2)cc1. The van der Waals surface area contributed by atoms with Crippen LogP contribution in [0, 0.1) is 0 Å². The van der Waals surface area contributed by atoms with Crippen molar-refractivity contribution in [3.8, 4) is 28.2 Å². The van der Waals surface area contributed by atoms with E-state index in [0.717, 1.165) is 16.7 Å². The van der Waals surface area contributed by atoms with Gasteiger partial charge in [0, 0.05) is 17.3 Å². The smallest absolute Gasteiger partial charge is 0.262 e. The van der Waals surface area contributed by atoms with Gasteiger partial charge in [0.15, 0.2) is 12.0 Å². The standard InChI is InChI=1S/C29H21NO4/c31-26-18-28(22-9-5-2-6-10-22)34-27-16-15-24(17-25(26)27)33-19-29(32)30-23-13-11-21(12-14-23)20-7-3-1-4-8-20/h1-18H,19H2,(H,30,32). The number of benzene rings is 4. The Morgan fingerprint density at radius 1 is 0.735 bits per heavy atom. The maximum atomic E-state index is 12.6. The molecular weight excluding hydrogens is 426 g/mol. The highest BCUT2D eigenvalue weighted by atomic mass is 16.5. The van der Waals surface area contributed by atoms with Gasteiger partial charge in [-0.15, -0.1) is 0 Å². The van der Waals surface area contributed by atoms with Gasteiger partial charge in [-0.25, -0.2) is 0 Å². The van der Waals surface area contributed by atoms with Gasteiger partial charge in [0.1, 0.15) is 17.1 Å². The quantitative estimate of drug-likeness (QED) is 0.339. The van der Waals surface area contributed by atoms with Gasteiger partial charge in [0.25, 0.3) is 5.91 Å². The zero-order valence-corrected chi connectivity index (χ0v) is 18.2. The van der Waals surface area contributed by atoms with E-state index in [2.05, 4.69) is 5.32 Å². The first-order valence-electron chi connectivity index (χ1n) is 10.9. The molecule has 0 saturated carbocycles. The van der Waals surface area contributed by atoms with E-state index in [1.807, 2.05) is 84.9 Å². The van der Waals surface area contributed by atoms with Crippen LogP contribution < -0.4 is 15.5 Å². The number of anilines is 1. The number of ether oxygens (including phenoxy) is 1. The number of hydrogen-bond donors (Lipinski definition) is 1. The molecule has 4 aromatic carbocycles. The molecule has 166 valence electrons. The summed E-state index contributed by atoms with van der Waals surface area (Å²) in [6, 6.07) is 33.5. The van der Waals surface area contributed by atoms with Crippen LogP contribution in [-0.2, 0) is 4.79 Å². The summed E-state index contributed by atoms with van der Waals surface area (Å²) in [6.45, 7) is -0.181. The number of amides is 1. The van der Waals surface area contributed by atoms with Crippen LogP contribution in [-0.4, -0.2) is 12.5 Å². The number of carbonyl (C=O) groups excluding carboxylic acids is 1. The van der Waals surface area contributed by atoms with Crippen LogP contribution in [0.4, 0.5) is 5.69 Å². The van der Waals surface area contributed by atoms with E-state index in [4.69, 9.17) is 9.15 Å². The molecule has 0 fully saturated rings. The summed E-state index contributed by atoms with van der Waals surface area (Å²) in [5, 5.41) is 3.22. The number of fused-ring (bicyclic) bond motifs is 1. The van der Waals surface area contributed by atoms with Gasteiger partial charge in [-0.05, 0) is 41.5 Å². The molecule has 0 saturated heterocycles. The predicted molar refractivity (Wildman–Crippen MR) is 134 cm³/mol. The predicted octanol–water partition coefficient (Wildman–Crippen LogP) is 6.14. The highest BCUT2D eigenvalue weighted by molar-refractivity contribution is 5.92. The number of hydrogen-bond acceptors (Lipinski definition) is 4. The largest absolute Gasteiger partial charge is 0.484 e. The zero-order valence-electron chi connectivity index (χ0n) is 18.2. The molecule has 5 aromatic rings. The van der Waals surface area contributed by atoms with Crippen molar-refractivity contribution in [3.05, 3.63) is 119 Å². The van der Waals surface area contributed by atoms with E-state index in [0.29, 0.717) is 28.2 Å². The molecular formula is C29H21NO4. The van der Waals surface area contributed by atoms with E-state index in [-0.39, 0.29) is 17.9 Å². The second kappa shape index (κ2) is 9.46. The first-order chi connectivity index (χ1) is 16.7. The topological polar surface area (TPSA) is 68.5 Å². The minimum atomic E-state index is -0.293. The fraction of sp³-hybridized carbons (Fsp3) is 0.0345. The Labute approximate surface area is 196 Å². The molecule has 5 rings (SSSR count). The summed E-state index contributed by atoms with van der Waals surface area (Å²) in [4.78, 5) is 25.0. The second-order valence-corrected chi connectivity index (χ2v) is 7.78. The lowest BCUT2D eigenvalue weighted by Gasteiger charge is -2.09. The highest BCUT2D eigenvalue weighted by Gasteiger charge is 2.10. The van der Waals surface area contributed by atoms with Gasteiger partial charge >= 0.3 is 0 Å². The number of rotatable bonds is 6. The molecule has 0 aliphatic rings.